The van der Waals surface area contributed by atoms with Crippen molar-refractivity contribution in [3.63, 3.8) is 0 Å². The average molecular weight is 293 g/mol. The van der Waals surface area contributed by atoms with E-state index in [-0.39, 0.29) is 0 Å². The fourth-order valence-corrected chi connectivity index (χ4v) is 3.41. The van der Waals surface area contributed by atoms with Gasteiger partial charge >= 0.3 is 0 Å². The van der Waals surface area contributed by atoms with Gasteiger partial charge in [-0.1, -0.05) is 0 Å². The molecule has 3 rings (SSSR count). The van der Waals surface area contributed by atoms with Crippen molar-refractivity contribution in [2.75, 3.05) is 5.43 Å². The first-order valence-corrected chi connectivity index (χ1v) is 7.14. The summed E-state index contributed by atoms with van der Waals surface area (Å²) < 4.78 is 5.34. The molecule has 0 amide bonds. The molecule has 8 heteroatoms. The van der Waals surface area contributed by atoms with Crippen LogP contribution < -0.4 is 11.3 Å². The topological polar surface area (TPSA) is 89.9 Å². The molecule has 0 fully saturated rings. The summed E-state index contributed by atoms with van der Waals surface area (Å²) >= 11 is 2.96. The normalized spacial score (nSPS) is 11.1. The molecule has 0 aliphatic rings. The van der Waals surface area contributed by atoms with Crippen molar-refractivity contribution in [1.29, 1.82) is 0 Å². The monoisotopic (exact) mass is 293 g/mol. The van der Waals surface area contributed by atoms with Gasteiger partial charge in [0.05, 0.1) is 5.69 Å². The van der Waals surface area contributed by atoms with Gasteiger partial charge < -0.3 is 4.42 Å². The Hall–Kier alpha value is -1.64. The van der Waals surface area contributed by atoms with Crippen LogP contribution in [0.15, 0.2) is 27.0 Å². The van der Waals surface area contributed by atoms with Gasteiger partial charge in [-0.05, 0) is 31.7 Å². The zero-order valence-corrected chi connectivity index (χ0v) is 11.9. The van der Waals surface area contributed by atoms with Crippen LogP contribution in [0.25, 0.3) is 10.2 Å². The number of aryl methyl sites for hydroxylation is 2. The number of fused-ring (bicyclic) bond motifs is 1. The van der Waals surface area contributed by atoms with Crippen molar-refractivity contribution in [3.8, 4) is 0 Å². The van der Waals surface area contributed by atoms with E-state index >= 15 is 0 Å². The number of hydrogen-bond donors (Lipinski definition) is 2. The first-order chi connectivity index (χ1) is 9.15. The fraction of sp³-hybridized carbons (Fsp3) is 0.182. The van der Waals surface area contributed by atoms with Crippen LogP contribution in [0.2, 0.25) is 0 Å². The van der Waals surface area contributed by atoms with Gasteiger partial charge in [0, 0.05) is 10.3 Å². The highest BCUT2D eigenvalue weighted by Gasteiger charge is 2.13. The first-order valence-electron chi connectivity index (χ1n) is 5.50. The third-order valence-electron chi connectivity index (χ3n) is 2.39. The van der Waals surface area contributed by atoms with Crippen LogP contribution in [-0.4, -0.2) is 15.0 Å². The minimum atomic E-state index is 0.389. The Balaban J connectivity index is 2.09. The van der Waals surface area contributed by atoms with Crippen LogP contribution in [0.4, 0.5) is 5.95 Å². The number of hydrazine groups is 1. The van der Waals surface area contributed by atoms with Gasteiger partial charge in [0.2, 0.25) is 5.95 Å². The number of thiophene rings is 1. The second kappa shape index (κ2) is 4.80. The highest BCUT2D eigenvalue weighted by Crippen LogP contribution is 2.35. The lowest BCUT2D eigenvalue weighted by molar-refractivity contribution is 0.454. The van der Waals surface area contributed by atoms with E-state index in [1.54, 1.807) is 17.6 Å². The molecular weight excluding hydrogens is 282 g/mol. The molecule has 0 unspecified atom stereocenters. The lowest BCUT2D eigenvalue weighted by Crippen LogP contribution is -2.10. The first kappa shape index (κ1) is 12.4. The summed E-state index contributed by atoms with van der Waals surface area (Å²) in [5.41, 5.74) is 3.32. The average Bonchev–Trinajstić information content (AvgIpc) is 2.94. The molecule has 0 aliphatic carbocycles. The molecule has 0 saturated heterocycles. The molecule has 0 bridgehead atoms. The van der Waals surface area contributed by atoms with Crippen molar-refractivity contribution >= 4 is 39.3 Å². The van der Waals surface area contributed by atoms with E-state index in [4.69, 9.17) is 10.3 Å². The number of hydrogen-bond acceptors (Lipinski definition) is 8. The Morgan fingerprint density at radius 3 is 2.84 bits per heavy atom. The number of nitrogens with one attached hydrogen (secondary N) is 1. The number of rotatable bonds is 3. The Morgan fingerprint density at radius 2 is 2.16 bits per heavy atom. The third kappa shape index (κ3) is 2.42. The molecule has 3 N–H and O–H groups in total. The summed E-state index contributed by atoms with van der Waals surface area (Å²) in [6.07, 6.45) is 1.61. The van der Waals surface area contributed by atoms with Crippen molar-refractivity contribution in [2.45, 2.75) is 24.1 Å². The zero-order valence-electron chi connectivity index (χ0n) is 10.3. The van der Waals surface area contributed by atoms with Crippen LogP contribution in [-0.2, 0) is 0 Å². The summed E-state index contributed by atoms with van der Waals surface area (Å²) in [7, 11) is 0. The summed E-state index contributed by atoms with van der Waals surface area (Å²) in [5, 5.41) is 2.33. The van der Waals surface area contributed by atoms with Crippen LogP contribution in [0.3, 0.4) is 0 Å². The molecule has 0 spiro atoms. The predicted molar refractivity (Wildman–Crippen MR) is 75.3 cm³/mol. The number of nitrogens with zero attached hydrogens (tertiary/aromatic N) is 3. The van der Waals surface area contributed by atoms with Gasteiger partial charge in [-0.3, -0.25) is 5.43 Å². The molecule has 0 aromatic carbocycles. The number of oxazole rings is 1. The van der Waals surface area contributed by atoms with E-state index in [1.807, 2.05) is 13.8 Å². The second-order valence-electron chi connectivity index (χ2n) is 3.93. The predicted octanol–water partition coefficient (Wildman–Crippen LogP) is 2.73. The van der Waals surface area contributed by atoms with Crippen molar-refractivity contribution in [2.24, 2.45) is 5.84 Å². The van der Waals surface area contributed by atoms with Crippen molar-refractivity contribution in [1.82, 2.24) is 15.0 Å². The van der Waals surface area contributed by atoms with Gasteiger partial charge in [-0.25, -0.2) is 20.8 Å². The largest absolute Gasteiger partial charge is 0.439 e. The maximum atomic E-state index is 5.40. The molecule has 0 radical (unpaired) electrons. The van der Waals surface area contributed by atoms with E-state index in [9.17, 15) is 0 Å². The quantitative estimate of drug-likeness (QED) is 0.436. The summed E-state index contributed by atoms with van der Waals surface area (Å²) in [4.78, 5) is 15.0. The molecule has 3 heterocycles. The van der Waals surface area contributed by atoms with Gasteiger partial charge in [0.15, 0.2) is 0 Å². The number of nitrogens with two attached hydrogens (primary N) is 1. The molecule has 3 aromatic rings. The van der Waals surface area contributed by atoms with E-state index in [0.717, 1.165) is 20.9 Å². The lowest BCUT2D eigenvalue weighted by Gasteiger charge is -2.02. The molecule has 19 heavy (non-hydrogen) atoms. The third-order valence-corrected chi connectivity index (χ3v) is 4.20. The maximum absolute atomic E-state index is 5.40. The van der Waals surface area contributed by atoms with Gasteiger partial charge in [-0.15, -0.1) is 11.3 Å². The number of nitrogen functional groups attached to an aromatic ring is 1. The minimum Gasteiger partial charge on any atom is -0.439 e. The van der Waals surface area contributed by atoms with Crippen LogP contribution in [0.5, 0.6) is 0 Å². The highest BCUT2D eigenvalue weighted by molar-refractivity contribution is 7.99. The molecule has 0 saturated carbocycles. The van der Waals surface area contributed by atoms with E-state index in [1.165, 1.54) is 16.6 Å². The summed E-state index contributed by atoms with van der Waals surface area (Å²) in [6, 6.07) is 2.05. The molecular formula is C11H11N5OS2. The summed E-state index contributed by atoms with van der Waals surface area (Å²) in [5.74, 6) is 5.78. The summed E-state index contributed by atoms with van der Waals surface area (Å²) in [6.45, 7) is 3.91. The van der Waals surface area contributed by atoms with E-state index in [0.29, 0.717) is 11.2 Å². The number of anilines is 1. The molecule has 3 aromatic heterocycles. The smallest absolute Gasteiger partial charge is 0.262 e. The SMILES string of the molecule is Cc1coc(Sc2nc(NN)nc3sc(C)cc23)n1. The Morgan fingerprint density at radius 1 is 1.32 bits per heavy atom. The number of aromatic nitrogens is 3. The lowest BCUT2D eigenvalue weighted by atomic mass is 10.4. The molecule has 0 atom stereocenters. The van der Waals surface area contributed by atoms with E-state index in [2.05, 4.69) is 26.4 Å². The maximum Gasteiger partial charge on any atom is 0.262 e. The zero-order chi connectivity index (χ0) is 13.4. The Kier molecular flexibility index (Phi) is 3.13. The van der Waals surface area contributed by atoms with E-state index < -0.39 is 0 Å². The molecule has 98 valence electrons. The highest BCUT2D eigenvalue weighted by atomic mass is 32.2. The minimum absolute atomic E-state index is 0.389. The van der Waals surface area contributed by atoms with Crippen molar-refractivity contribution in [3.05, 3.63) is 22.9 Å². The van der Waals surface area contributed by atoms with Gasteiger partial charge in [0.25, 0.3) is 5.22 Å². The van der Waals surface area contributed by atoms with Crippen molar-refractivity contribution < 1.29 is 4.42 Å². The van der Waals surface area contributed by atoms with Crippen LogP contribution in [0, 0.1) is 13.8 Å². The Labute approximate surface area is 117 Å². The Bertz CT molecular complexity index is 736. The fourth-order valence-electron chi connectivity index (χ4n) is 1.62. The van der Waals surface area contributed by atoms with Gasteiger partial charge in [0.1, 0.15) is 16.1 Å². The molecule has 0 aliphatic heterocycles. The van der Waals surface area contributed by atoms with Crippen LogP contribution in [0.1, 0.15) is 10.6 Å². The standard InChI is InChI=1S/C11H11N5OS2/c1-5-4-17-11(13-5)19-9-7-3-6(2)18-8(7)14-10(15-9)16-12/h3-4H,12H2,1-2H3,(H,14,15,16). The van der Waals surface area contributed by atoms with Gasteiger partial charge in [-0.2, -0.15) is 0 Å². The molecule has 6 nitrogen and oxygen atoms in total. The second-order valence-corrected chi connectivity index (χ2v) is 6.10. The van der Waals surface area contributed by atoms with Crippen LogP contribution >= 0.6 is 23.1 Å².